The number of carbonyl (C=O) groups excluding carboxylic acids is 1. The number of aliphatic carboxylic acids is 1. The van der Waals surface area contributed by atoms with Crippen LogP contribution < -0.4 is 5.32 Å². The zero-order valence-electron chi connectivity index (χ0n) is 12.3. The molecule has 3 N–H and O–H groups in total. The summed E-state index contributed by atoms with van der Waals surface area (Å²) in [5.41, 5.74) is 1.25. The van der Waals surface area contributed by atoms with Crippen LogP contribution in [0.3, 0.4) is 0 Å². The van der Waals surface area contributed by atoms with Crippen molar-refractivity contribution in [3.05, 3.63) is 53.1 Å². The van der Waals surface area contributed by atoms with Crippen LogP contribution in [0.15, 0.2) is 36.7 Å². The quantitative estimate of drug-likeness (QED) is 0.739. The SMILES string of the molecule is O=C(O)CNC(=O)C1c2ncnn2C(c2cccc(Cl)c2)=CC1O. The molecule has 0 bridgehead atoms. The number of nitrogens with zero attached hydrogens (tertiary/aromatic N) is 3. The number of aromatic nitrogens is 3. The highest BCUT2D eigenvalue weighted by Gasteiger charge is 2.36. The Morgan fingerprint density at radius 2 is 2.17 bits per heavy atom. The van der Waals surface area contributed by atoms with Crippen LogP contribution in [0.1, 0.15) is 17.3 Å². The third-order valence-corrected chi connectivity index (χ3v) is 3.80. The van der Waals surface area contributed by atoms with E-state index in [1.165, 1.54) is 17.1 Å². The van der Waals surface area contributed by atoms with Crippen molar-refractivity contribution in [3.8, 4) is 0 Å². The number of hydrogen-bond donors (Lipinski definition) is 3. The van der Waals surface area contributed by atoms with Gasteiger partial charge in [-0.1, -0.05) is 23.7 Å². The topological polar surface area (TPSA) is 117 Å². The van der Waals surface area contributed by atoms with E-state index >= 15 is 0 Å². The number of halogens is 1. The molecule has 1 aliphatic rings. The molecule has 1 aromatic carbocycles. The second-order valence-corrected chi connectivity index (χ2v) is 5.61. The van der Waals surface area contributed by atoms with Crippen molar-refractivity contribution in [3.63, 3.8) is 0 Å². The molecule has 24 heavy (non-hydrogen) atoms. The largest absolute Gasteiger partial charge is 0.480 e. The number of aliphatic hydroxyl groups excluding tert-OH is 1. The number of carbonyl (C=O) groups is 2. The fraction of sp³-hybridized carbons (Fsp3) is 0.200. The van der Waals surface area contributed by atoms with Crippen LogP contribution in [-0.4, -0.2) is 49.5 Å². The number of rotatable bonds is 4. The summed E-state index contributed by atoms with van der Waals surface area (Å²) < 4.78 is 1.43. The monoisotopic (exact) mass is 348 g/mol. The number of aliphatic hydroxyl groups is 1. The van der Waals surface area contributed by atoms with Crippen LogP contribution in [0.4, 0.5) is 0 Å². The predicted molar refractivity (Wildman–Crippen MR) is 84.2 cm³/mol. The third kappa shape index (κ3) is 3.01. The first-order valence-electron chi connectivity index (χ1n) is 7.03. The average molecular weight is 349 g/mol. The number of amides is 1. The van der Waals surface area contributed by atoms with Crippen molar-refractivity contribution in [2.75, 3.05) is 6.54 Å². The Morgan fingerprint density at radius 1 is 1.38 bits per heavy atom. The summed E-state index contributed by atoms with van der Waals surface area (Å²) in [5.74, 6) is -2.64. The first-order chi connectivity index (χ1) is 11.5. The minimum Gasteiger partial charge on any atom is -0.480 e. The summed E-state index contributed by atoms with van der Waals surface area (Å²) in [6.45, 7) is -0.541. The van der Waals surface area contributed by atoms with Crippen LogP contribution in [0, 0.1) is 0 Å². The minimum atomic E-state index is -1.18. The number of nitrogens with one attached hydrogen (secondary N) is 1. The Bertz CT molecular complexity index is 832. The van der Waals surface area contributed by atoms with Crippen molar-refractivity contribution in [1.82, 2.24) is 20.1 Å². The molecule has 1 aromatic heterocycles. The molecule has 2 heterocycles. The Labute approximate surface area is 141 Å². The molecule has 0 spiro atoms. The zero-order chi connectivity index (χ0) is 17.3. The minimum absolute atomic E-state index is 0.225. The average Bonchev–Trinajstić information content (AvgIpc) is 3.01. The van der Waals surface area contributed by atoms with E-state index in [0.717, 1.165) is 0 Å². The first-order valence-corrected chi connectivity index (χ1v) is 7.41. The van der Waals surface area contributed by atoms with Gasteiger partial charge in [0.1, 0.15) is 24.6 Å². The highest BCUT2D eigenvalue weighted by atomic mass is 35.5. The van der Waals surface area contributed by atoms with Crippen molar-refractivity contribution in [2.45, 2.75) is 12.0 Å². The van der Waals surface area contributed by atoms with E-state index < -0.39 is 30.4 Å². The van der Waals surface area contributed by atoms with Crippen LogP contribution in [0.5, 0.6) is 0 Å². The molecule has 8 nitrogen and oxygen atoms in total. The van der Waals surface area contributed by atoms with E-state index in [9.17, 15) is 14.7 Å². The molecule has 0 saturated heterocycles. The molecule has 1 amide bonds. The van der Waals surface area contributed by atoms with E-state index in [2.05, 4.69) is 15.4 Å². The molecule has 2 atom stereocenters. The standard InChI is InChI=1S/C15H13ClN4O4/c16-9-3-1-2-8(4-9)10-5-11(21)13(14-18-7-19-20(10)14)15(24)17-6-12(22)23/h1-5,7,11,13,21H,6H2,(H,17,24)(H,22,23). The number of fused-ring (bicyclic) bond motifs is 1. The fourth-order valence-corrected chi connectivity index (χ4v) is 2.73. The van der Waals surface area contributed by atoms with Gasteiger partial charge in [0.2, 0.25) is 5.91 Å². The molecular weight excluding hydrogens is 336 g/mol. The van der Waals surface area contributed by atoms with Gasteiger partial charge in [0.05, 0.1) is 11.8 Å². The maximum absolute atomic E-state index is 12.2. The third-order valence-electron chi connectivity index (χ3n) is 3.57. The lowest BCUT2D eigenvalue weighted by Gasteiger charge is -2.26. The normalized spacial score (nSPS) is 19.3. The first kappa shape index (κ1) is 16.2. The van der Waals surface area contributed by atoms with Crippen molar-refractivity contribution >= 4 is 29.2 Å². The lowest BCUT2D eigenvalue weighted by atomic mass is 9.94. The number of benzene rings is 1. The Balaban J connectivity index is 1.97. The summed E-state index contributed by atoms with van der Waals surface area (Å²) in [6.07, 6.45) is 1.56. The molecule has 9 heteroatoms. The van der Waals surface area contributed by atoms with Gasteiger partial charge >= 0.3 is 5.97 Å². The molecule has 2 aromatic rings. The van der Waals surface area contributed by atoms with Crippen molar-refractivity contribution < 1.29 is 19.8 Å². The Hall–Kier alpha value is -2.71. The molecule has 0 fully saturated rings. The van der Waals surface area contributed by atoms with Gasteiger partial charge in [0.25, 0.3) is 0 Å². The molecule has 0 saturated carbocycles. The zero-order valence-corrected chi connectivity index (χ0v) is 13.0. The lowest BCUT2D eigenvalue weighted by Crippen LogP contribution is -2.41. The lowest BCUT2D eigenvalue weighted by molar-refractivity contribution is -0.138. The summed E-state index contributed by atoms with van der Waals surface area (Å²) >= 11 is 6.00. The maximum Gasteiger partial charge on any atom is 0.322 e. The Morgan fingerprint density at radius 3 is 2.88 bits per heavy atom. The Kier molecular flexibility index (Phi) is 4.32. The number of carboxylic acids is 1. The van der Waals surface area contributed by atoms with Gasteiger partial charge in [-0.3, -0.25) is 9.59 Å². The van der Waals surface area contributed by atoms with Gasteiger partial charge in [0, 0.05) is 10.6 Å². The van der Waals surface area contributed by atoms with Crippen molar-refractivity contribution in [1.29, 1.82) is 0 Å². The molecular formula is C15H13ClN4O4. The highest BCUT2D eigenvalue weighted by Crippen LogP contribution is 2.31. The predicted octanol–water partition coefficient (Wildman–Crippen LogP) is 0.480. The van der Waals surface area contributed by atoms with Gasteiger partial charge in [0.15, 0.2) is 0 Å². The highest BCUT2D eigenvalue weighted by molar-refractivity contribution is 6.30. The number of carboxylic acid groups (broad SMARTS) is 1. The molecule has 124 valence electrons. The molecule has 2 unspecified atom stereocenters. The van der Waals surface area contributed by atoms with E-state index in [4.69, 9.17) is 16.7 Å². The second-order valence-electron chi connectivity index (χ2n) is 5.17. The van der Waals surface area contributed by atoms with E-state index in [0.29, 0.717) is 16.3 Å². The summed E-state index contributed by atoms with van der Waals surface area (Å²) in [4.78, 5) is 26.8. The number of hydrogen-bond acceptors (Lipinski definition) is 5. The second kappa shape index (κ2) is 6.42. The van der Waals surface area contributed by atoms with Gasteiger partial charge in [-0.2, -0.15) is 5.10 Å². The van der Waals surface area contributed by atoms with Crippen LogP contribution in [-0.2, 0) is 9.59 Å². The fourth-order valence-electron chi connectivity index (χ4n) is 2.54. The molecule has 0 aliphatic carbocycles. The van der Waals surface area contributed by atoms with Crippen LogP contribution >= 0.6 is 11.6 Å². The van der Waals surface area contributed by atoms with Gasteiger partial charge in [-0.25, -0.2) is 9.67 Å². The molecule has 0 radical (unpaired) electrons. The van der Waals surface area contributed by atoms with Gasteiger partial charge in [-0.05, 0) is 18.2 Å². The summed E-state index contributed by atoms with van der Waals surface area (Å²) in [6, 6.07) is 6.97. The smallest absolute Gasteiger partial charge is 0.322 e. The van der Waals surface area contributed by atoms with Crippen LogP contribution in [0.2, 0.25) is 5.02 Å². The molecule has 3 rings (SSSR count). The van der Waals surface area contributed by atoms with E-state index in [1.807, 2.05) is 0 Å². The van der Waals surface area contributed by atoms with Crippen molar-refractivity contribution in [2.24, 2.45) is 0 Å². The maximum atomic E-state index is 12.2. The van der Waals surface area contributed by atoms with Gasteiger partial charge < -0.3 is 15.5 Å². The summed E-state index contributed by atoms with van der Waals surface area (Å²) in [7, 11) is 0. The van der Waals surface area contributed by atoms with Crippen LogP contribution in [0.25, 0.3) is 5.70 Å². The van der Waals surface area contributed by atoms with E-state index in [-0.39, 0.29) is 5.82 Å². The van der Waals surface area contributed by atoms with Gasteiger partial charge in [-0.15, -0.1) is 0 Å². The van der Waals surface area contributed by atoms with E-state index in [1.54, 1.807) is 24.3 Å². The molecule has 1 aliphatic heterocycles. The summed E-state index contributed by atoms with van der Waals surface area (Å²) in [5, 5.41) is 25.9.